The zero-order valence-electron chi connectivity index (χ0n) is 10.8. The molecule has 8 heteroatoms. The van der Waals surface area contributed by atoms with Crippen LogP contribution in [0.5, 0.6) is 0 Å². The van der Waals surface area contributed by atoms with Crippen LogP contribution in [0.3, 0.4) is 0 Å². The molecule has 0 aromatic heterocycles. The van der Waals surface area contributed by atoms with Crippen LogP contribution in [-0.4, -0.2) is 22.4 Å². The van der Waals surface area contributed by atoms with E-state index in [2.05, 4.69) is 4.72 Å². The van der Waals surface area contributed by atoms with Gasteiger partial charge < -0.3 is 0 Å². The Morgan fingerprint density at radius 3 is 2.21 bits per heavy atom. The lowest BCUT2D eigenvalue weighted by Gasteiger charge is -2.20. The first kappa shape index (κ1) is 16.4. The topological polar surface area (TPSA) is 80.3 Å². The molecule has 0 bridgehead atoms. The second kappa shape index (κ2) is 5.40. The quantitative estimate of drug-likeness (QED) is 0.856. The van der Waals surface area contributed by atoms with E-state index in [0.717, 1.165) is 0 Å². The molecule has 0 aliphatic carbocycles. The molecule has 0 heterocycles. The van der Waals surface area contributed by atoms with E-state index >= 15 is 0 Å². The third-order valence-electron chi connectivity index (χ3n) is 2.00. The van der Waals surface area contributed by atoms with Crippen molar-refractivity contribution in [3.8, 4) is 0 Å². The number of rotatable bonds is 4. The summed E-state index contributed by atoms with van der Waals surface area (Å²) in [6.07, 6.45) is 0. The molecule has 1 aromatic rings. The average Bonchev–Trinajstić information content (AvgIpc) is 2.11. The highest BCUT2D eigenvalue weighted by molar-refractivity contribution is 8.13. The second-order valence-electron chi connectivity index (χ2n) is 5.20. The average molecular weight is 326 g/mol. The SMILES string of the molecule is CC(C)(C)NS(=O)(=O)Cc1cccc(S(=O)(=O)Cl)c1. The van der Waals surface area contributed by atoms with Crippen molar-refractivity contribution in [3.63, 3.8) is 0 Å². The summed E-state index contributed by atoms with van der Waals surface area (Å²) in [7, 11) is -2.19. The van der Waals surface area contributed by atoms with Crippen LogP contribution in [0.15, 0.2) is 29.2 Å². The zero-order chi connectivity index (χ0) is 14.9. The van der Waals surface area contributed by atoms with Crippen molar-refractivity contribution in [1.29, 1.82) is 0 Å². The van der Waals surface area contributed by atoms with Gasteiger partial charge in [-0.2, -0.15) is 0 Å². The number of hydrogen-bond donors (Lipinski definition) is 1. The summed E-state index contributed by atoms with van der Waals surface area (Å²) in [6, 6.07) is 5.56. The summed E-state index contributed by atoms with van der Waals surface area (Å²) >= 11 is 0. The molecule has 108 valence electrons. The fraction of sp³-hybridized carbons (Fsp3) is 0.455. The Hall–Kier alpha value is -0.630. The lowest BCUT2D eigenvalue weighted by atomic mass is 10.1. The highest BCUT2D eigenvalue weighted by Crippen LogP contribution is 2.18. The van der Waals surface area contributed by atoms with Gasteiger partial charge in [-0.3, -0.25) is 0 Å². The molecular formula is C11H16ClNO4S2. The molecule has 0 fully saturated rings. The van der Waals surface area contributed by atoms with Crippen LogP contribution in [0.1, 0.15) is 26.3 Å². The van der Waals surface area contributed by atoms with Crippen molar-refractivity contribution >= 4 is 29.8 Å². The van der Waals surface area contributed by atoms with E-state index in [4.69, 9.17) is 10.7 Å². The lowest BCUT2D eigenvalue weighted by Crippen LogP contribution is -2.41. The Bertz CT molecular complexity index is 660. The van der Waals surface area contributed by atoms with Gasteiger partial charge in [0.2, 0.25) is 10.0 Å². The van der Waals surface area contributed by atoms with E-state index in [1.807, 2.05) is 0 Å². The van der Waals surface area contributed by atoms with Crippen LogP contribution in [0.4, 0.5) is 0 Å². The molecule has 1 N–H and O–H groups in total. The van der Waals surface area contributed by atoms with Gasteiger partial charge in [-0.05, 0) is 38.5 Å². The van der Waals surface area contributed by atoms with Crippen molar-refractivity contribution in [2.75, 3.05) is 0 Å². The number of hydrogen-bond acceptors (Lipinski definition) is 4. The summed E-state index contributed by atoms with van der Waals surface area (Å²) in [5, 5.41) is 0. The summed E-state index contributed by atoms with van der Waals surface area (Å²) in [6.45, 7) is 5.18. The first-order valence-electron chi connectivity index (χ1n) is 5.44. The number of nitrogens with one attached hydrogen (secondary N) is 1. The highest BCUT2D eigenvalue weighted by Gasteiger charge is 2.21. The molecule has 1 aromatic carbocycles. The molecule has 0 aliphatic rings. The molecule has 0 atom stereocenters. The Morgan fingerprint density at radius 1 is 1.16 bits per heavy atom. The Labute approximate surface area is 118 Å². The van der Waals surface area contributed by atoms with Crippen molar-refractivity contribution in [3.05, 3.63) is 29.8 Å². The van der Waals surface area contributed by atoms with Crippen LogP contribution in [0.25, 0.3) is 0 Å². The van der Waals surface area contributed by atoms with Crippen molar-refractivity contribution in [2.45, 2.75) is 37.0 Å². The molecule has 5 nitrogen and oxygen atoms in total. The van der Waals surface area contributed by atoms with E-state index in [1.165, 1.54) is 24.3 Å². The first-order valence-corrected chi connectivity index (χ1v) is 9.40. The monoisotopic (exact) mass is 325 g/mol. The van der Waals surface area contributed by atoms with Crippen molar-refractivity contribution in [1.82, 2.24) is 4.72 Å². The van der Waals surface area contributed by atoms with Gasteiger partial charge in [-0.15, -0.1) is 0 Å². The van der Waals surface area contributed by atoms with E-state index < -0.39 is 24.6 Å². The zero-order valence-corrected chi connectivity index (χ0v) is 13.2. The normalized spacial score (nSPS) is 13.5. The minimum Gasteiger partial charge on any atom is -0.212 e. The van der Waals surface area contributed by atoms with Gasteiger partial charge in [0.25, 0.3) is 9.05 Å². The van der Waals surface area contributed by atoms with Crippen molar-refractivity contribution in [2.24, 2.45) is 0 Å². The van der Waals surface area contributed by atoms with Gasteiger partial charge in [0.05, 0.1) is 10.6 Å². The Kier molecular flexibility index (Phi) is 4.66. The van der Waals surface area contributed by atoms with Crippen LogP contribution in [-0.2, 0) is 24.8 Å². The molecule has 0 saturated carbocycles. The van der Waals surface area contributed by atoms with Crippen LogP contribution < -0.4 is 4.72 Å². The van der Waals surface area contributed by atoms with Gasteiger partial charge in [0.15, 0.2) is 0 Å². The van der Waals surface area contributed by atoms with Crippen LogP contribution >= 0.6 is 10.7 Å². The fourth-order valence-electron chi connectivity index (χ4n) is 1.51. The molecule has 0 unspecified atom stereocenters. The van der Waals surface area contributed by atoms with E-state index in [0.29, 0.717) is 5.56 Å². The van der Waals surface area contributed by atoms with Gasteiger partial charge in [0, 0.05) is 16.2 Å². The second-order valence-corrected chi connectivity index (χ2v) is 9.48. The van der Waals surface area contributed by atoms with Gasteiger partial charge in [-0.25, -0.2) is 21.6 Å². The fourth-order valence-corrected chi connectivity index (χ4v) is 3.95. The maximum atomic E-state index is 11.9. The third-order valence-corrected chi connectivity index (χ3v) is 4.99. The Balaban J connectivity index is 3.02. The van der Waals surface area contributed by atoms with Gasteiger partial charge >= 0.3 is 0 Å². The number of sulfonamides is 1. The van der Waals surface area contributed by atoms with E-state index in [9.17, 15) is 16.8 Å². The maximum absolute atomic E-state index is 11.9. The molecule has 0 amide bonds. The van der Waals surface area contributed by atoms with E-state index in [1.54, 1.807) is 20.8 Å². The van der Waals surface area contributed by atoms with Crippen LogP contribution in [0.2, 0.25) is 0 Å². The van der Waals surface area contributed by atoms with Crippen molar-refractivity contribution < 1.29 is 16.8 Å². The maximum Gasteiger partial charge on any atom is 0.261 e. The molecular weight excluding hydrogens is 310 g/mol. The summed E-state index contributed by atoms with van der Waals surface area (Å²) in [5.74, 6) is -0.301. The molecule has 0 saturated heterocycles. The largest absolute Gasteiger partial charge is 0.261 e. The molecule has 1 rings (SSSR count). The summed E-state index contributed by atoms with van der Waals surface area (Å²) in [4.78, 5) is -0.113. The smallest absolute Gasteiger partial charge is 0.212 e. The molecule has 0 radical (unpaired) electrons. The minimum atomic E-state index is -3.86. The number of benzene rings is 1. The highest BCUT2D eigenvalue weighted by atomic mass is 35.7. The standard InChI is InChI=1S/C11H16ClNO4S2/c1-11(2,3)13-18(14,15)8-9-5-4-6-10(7-9)19(12,16)17/h4-7,13H,8H2,1-3H3. The molecule has 0 spiro atoms. The lowest BCUT2D eigenvalue weighted by molar-refractivity contribution is 0.491. The Morgan fingerprint density at radius 2 is 1.74 bits per heavy atom. The van der Waals surface area contributed by atoms with Crippen LogP contribution in [0, 0.1) is 0 Å². The first-order chi connectivity index (χ1) is 8.39. The molecule has 19 heavy (non-hydrogen) atoms. The summed E-state index contributed by atoms with van der Waals surface area (Å²) < 4.78 is 48.6. The predicted molar refractivity (Wildman–Crippen MR) is 75.0 cm³/mol. The summed E-state index contributed by atoms with van der Waals surface area (Å²) in [5.41, 5.74) is -0.229. The van der Waals surface area contributed by atoms with Gasteiger partial charge in [0.1, 0.15) is 0 Å². The molecule has 0 aliphatic heterocycles. The minimum absolute atomic E-state index is 0.113. The third kappa shape index (κ3) is 5.90. The number of halogens is 1. The van der Waals surface area contributed by atoms with E-state index in [-0.39, 0.29) is 10.6 Å². The van der Waals surface area contributed by atoms with Gasteiger partial charge in [-0.1, -0.05) is 12.1 Å². The predicted octanol–water partition coefficient (Wildman–Crippen LogP) is 1.83.